The molecule has 3 heteroatoms. The summed E-state index contributed by atoms with van der Waals surface area (Å²) < 4.78 is 0. The summed E-state index contributed by atoms with van der Waals surface area (Å²) in [6, 6.07) is 3.52. The van der Waals surface area contributed by atoms with Gasteiger partial charge in [-0.2, -0.15) is 0 Å². The molecule has 2 bridgehead atoms. The topological polar surface area (TPSA) is 58.9 Å². The second-order valence-corrected chi connectivity index (χ2v) is 5.88. The van der Waals surface area contributed by atoms with Crippen molar-refractivity contribution < 1.29 is 0 Å². The van der Waals surface area contributed by atoms with E-state index in [-0.39, 0.29) is 11.1 Å². The highest BCUT2D eigenvalue weighted by Gasteiger charge is 2.46. The predicted octanol–water partition coefficient (Wildman–Crippen LogP) is 2.08. The Labute approximate surface area is 107 Å². The molecule has 3 atom stereocenters. The van der Waals surface area contributed by atoms with Gasteiger partial charge >= 0.3 is 0 Å². The Hall–Kier alpha value is -1.35. The van der Waals surface area contributed by atoms with Crippen molar-refractivity contribution in [3.63, 3.8) is 0 Å². The number of pyridine rings is 1. The molecule has 1 fully saturated rings. The minimum absolute atomic E-state index is 0.0209. The zero-order chi connectivity index (χ0) is 12.9. The summed E-state index contributed by atoms with van der Waals surface area (Å²) in [6.45, 7) is 4.36. The van der Waals surface area contributed by atoms with E-state index in [9.17, 15) is 4.79 Å². The molecule has 0 aliphatic heterocycles. The van der Waals surface area contributed by atoms with Gasteiger partial charge in [-0.1, -0.05) is 13.0 Å². The first-order valence-electron chi connectivity index (χ1n) is 6.73. The molecule has 0 aromatic carbocycles. The van der Waals surface area contributed by atoms with Crippen LogP contribution in [0.3, 0.4) is 0 Å². The van der Waals surface area contributed by atoms with E-state index < -0.39 is 0 Å². The lowest BCUT2D eigenvalue weighted by atomic mass is 9.60. The number of nitrogens with one attached hydrogen (secondary N) is 1. The molecule has 0 radical (unpaired) electrons. The second-order valence-electron chi connectivity index (χ2n) is 5.88. The van der Waals surface area contributed by atoms with Crippen molar-refractivity contribution in [2.45, 2.75) is 38.6 Å². The molecule has 18 heavy (non-hydrogen) atoms. The molecule has 1 aromatic rings. The molecular formula is C15H20N2O. The molecule has 0 unspecified atom stereocenters. The van der Waals surface area contributed by atoms with Crippen LogP contribution < -0.4 is 11.3 Å². The Morgan fingerprint density at radius 3 is 3.00 bits per heavy atom. The van der Waals surface area contributed by atoms with Gasteiger partial charge in [-0.15, -0.1) is 0 Å². The van der Waals surface area contributed by atoms with Gasteiger partial charge in [0.1, 0.15) is 0 Å². The van der Waals surface area contributed by atoms with E-state index >= 15 is 0 Å². The number of fused-ring (bicyclic) bond motifs is 4. The Balaban J connectivity index is 2.23. The third-order valence-electron chi connectivity index (χ3n) is 4.56. The van der Waals surface area contributed by atoms with Crippen LogP contribution in [-0.4, -0.2) is 4.98 Å². The summed E-state index contributed by atoms with van der Waals surface area (Å²) >= 11 is 0. The summed E-state index contributed by atoms with van der Waals surface area (Å²) in [6.07, 6.45) is 5.26. The summed E-state index contributed by atoms with van der Waals surface area (Å²) in [5.74, 6) is 1.14. The van der Waals surface area contributed by atoms with E-state index in [0.29, 0.717) is 11.8 Å². The molecule has 1 aromatic heterocycles. The van der Waals surface area contributed by atoms with E-state index in [1.807, 2.05) is 6.07 Å². The molecule has 1 saturated carbocycles. The Morgan fingerprint density at radius 1 is 1.50 bits per heavy atom. The van der Waals surface area contributed by atoms with Crippen molar-refractivity contribution >= 4 is 0 Å². The molecule has 3 N–H and O–H groups in total. The van der Waals surface area contributed by atoms with Crippen molar-refractivity contribution in [1.82, 2.24) is 4.98 Å². The molecule has 3 rings (SSSR count). The zero-order valence-electron chi connectivity index (χ0n) is 11.0. The lowest BCUT2D eigenvalue weighted by Gasteiger charge is -2.48. The maximum Gasteiger partial charge on any atom is 0.248 e. The van der Waals surface area contributed by atoms with Gasteiger partial charge < -0.3 is 10.7 Å². The van der Waals surface area contributed by atoms with Gasteiger partial charge in [-0.05, 0) is 55.2 Å². The smallest absolute Gasteiger partial charge is 0.248 e. The van der Waals surface area contributed by atoms with Gasteiger partial charge in [0.25, 0.3) is 0 Å². The largest absolute Gasteiger partial charge is 0.326 e. The van der Waals surface area contributed by atoms with Crippen molar-refractivity contribution in [3.05, 3.63) is 45.4 Å². The average Bonchev–Trinajstić information content (AvgIpc) is 2.26. The Bertz CT molecular complexity index is 572. The van der Waals surface area contributed by atoms with Gasteiger partial charge in [-0.3, -0.25) is 4.79 Å². The van der Waals surface area contributed by atoms with Crippen LogP contribution in [0.2, 0.25) is 0 Å². The minimum Gasteiger partial charge on any atom is -0.326 e. The molecular weight excluding hydrogens is 224 g/mol. The van der Waals surface area contributed by atoms with Crippen LogP contribution in [0, 0.1) is 11.8 Å². The fourth-order valence-electron chi connectivity index (χ4n) is 4.02. The normalized spacial score (nSPS) is 36.5. The summed E-state index contributed by atoms with van der Waals surface area (Å²) in [5.41, 5.74) is 9.86. The number of nitrogens with two attached hydrogens (primary N) is 1. The number of rotatable bonds is 0. The summed E-state index contributed by atoms with van der Waals surface area (Å²) in [4.78, 5) is 14.4. The highest BCUT2D eigenvalue weighted by molar-refractivity contribution is 5.44. The highest BCUT2D eigenvalue weighted by atomic mass is 16.1. The second kappa shape index (κ2) is 3.82. The SMILES string of the molecule is C/C=C1\[C@H]2Cc3[nH]c(=O)ccc3[C@@]1(N)C[C@@H](C)C2. The van der Waals surface area contributed by atoms with E-state index in [0.717, 1.165) is 24.1 Å². The molecule has 96 valence electrons. The lowest BCUT2D eigenvalue weighted by molar-refractivity contribution is 0.231. The van der Waals surface area contributed by atoms with Crippen LogP contribution in [0.25, 0.3) is 0 Å². The van der Waals surface area contributed by atoms with Crippen molar-refractivity contribution in [2.75, 3.05) is 0 Å². The van der Waals surface area contributed by atoms with E-state index in [4.69, 9.17) is 5.73 Å². The molecule has 2 aliphatic carbocycles. The molecule has 2 aliphatic rings. The van der Waals surface area contributed by atoms with Crippen molar-refractivity contribution in [3.8, 4) is 0 Å². The van der Waals surface area contributed by atoms with E-state index in [1.54, 1.807) is 6.07 Å². The van der Waals surface area contributed by atoms with Gasteiger partial charge in [0.15, 0.2) is 0 Å². The van der Waals surface area contributed by atoms with Crippen LogP contribution in [0.1, 0.15) is 37.9 Å². The van der Waals surface area contributed by atoms with Crippen LogP contribution >= 0.6 is 0 Å². The summed E-state index contributed by atoms with van der Waals surface area (Å²) in [5, 5.41) is 0. The Kier molecular flexibility index (Phi) is 2.49. The van der Waals surface area contributed by atoms with Gasteiger partial charge in [0, 0.05) is 11.8 Å². The number of hydrogen-bond donors (Lipinski definition) is 2. The lowest BCUT2D eigenvalue weighted by Crippen LogP contribution is -2.50. The minimum atomic E-state index is -0.366. The van der Waals surface area contributed by atoms with Crippen LogP contribution in [0.15, 0.2) is 28.6 Å². The molecule has 0 amide bonds. The van der Waals surface area contributed by atoms with Crippen molar-refractivity contribution in [2.24, 2.45) is 17.6 Å². The maximum absolute atomic E-state index is 11.5. The fourth-order valence-corrected chi connectivity index (χ4v) is 4.02. The third kappa shape index (κ3) is 1.50. The first-order valence-corrected chi connectivity index (χ1v) is 6.73. The first-order chi connectivity index (χ1) is 8.54. The first kappa shape index (κ1) is 11.7. The summed E-state index contributed by atoms with van der Waals surface area (Å²) in [7, 11) is 0. The quantitative estimate of drug-likeness (QED) is 0.686. The van der Waals surface area contributed by atoms with Gasteiger partial charge in [-0.25, -0.2) is 0 Å². The van der Waals surface area contributed by atoms with E-state index in [1.165, 1.54) is 12.0 Å². The monoisotopic (exact) mass is 244 g/mol. The van der Waals surface area contributed by atoms with Crippen molar-refractivity contribution in [1.29, 1.82) is 0 Å². The van der Waals surface area contributed by atoms with Crippen LogP contribution in [-0.2, 0) is 12.0 Å². The average molecular weight is 244 g/mol. The molecule has 1 heterocycles. The third-order valence-corrected chi connectivity index (χ3v) is 4.56. The van der Waals surface area contributed by atoms with E-state index in [2.05, 4.69) is 24.9 Å². The van der Waals surface area contributed by atoms with Crippen LogP contribution in [0.4, 0.5) is 0 Å². The molecule has 0 spiro atoms. The van der Waals surface area contributed by atoms with Gasteiger partial charge in [0.2, 0.25) is 5.56 Å². The highest BCUT2D eigenvalue weighted by Crippen LogP contribution is 2.50. The number of hydrogen-bond acceptors (Lipinski definition) is 2. The zero-order valence-corrected chi connectivity index (χ0v) is 11.0. The number of aromatic amines is 1. The molecule has 0 saturated heterocycles. The predicted molar refractivity (Wildman–Crippen MR) is 72.3 cm³/mol. The molecule has 3 nitrogen and oxygen atoms in total. The standard InChI is InChI=1S/C15H20N2O/c1-3-11-10-6-9(2)8-15(11,16)12-4-5-14(18)17-13(12)7-10/h3-5,9-10H,6-8,16H2,1-2H3,(H,17,18)/b11-3+/t9-,10+,15+/m0/s1. The number of allylic oxidation sites excluding steroid dienone is 1. The Morgan fingerprint density at radius 2 is 2.28 bits per heavy atom. The number of aromatic nitrogens is 1. The fraction of sp³-hybridized carbons (Fsp3) is 0.533. The van der Waals surface area contributed by atoms with Crippen LogP contribution in [0.5, 0.6) is 0 Å². The number of H-pyrrole nitrogens is 1. The van der Waals surface area contributed by atoms with Gasteiger partial charge in [0.05, 0.1) is 5.54 Å². The maximum atomic E-state index is 11.5.